The summed E-state index contributed by atoms with van der Waals surface area (Å²) >= 11 is 0. The molecule has 0 unspecified atom stereocenters. The average Bonchev–Trinajstić information content (AvgIpc) is 2.84. The summed E-state index contributed by atoms with van der Waals surface area (Å²) in [5.41, 5.74) is 2.09. The minimum atomic E-state index is -2.82. The van der Waals surface area contributed by atoms with Crippen molar-refractivity contribution < 1.29 is 4.21 Å². The van der Waals surface area contributed by atoms with Gasteiger partial charge in [-0.25, -0.2) is 8.57 Å². The SMILES string of the molecule is O=S(=N[C@H](/C=C/c1ccccc1)c1ccccc1)(c1ccccc1)c1ccccc1. The van der Waals surface area contributed by atoms with Gasteiger partial charge in [0.15, 0.2) is 0 Å². The summed E-state index contributed by atoms with van der Waals surface area (Å²) in [4.78, 5) is 1.43. The van der Waals surface area contributed by atoms with Crippen LogP contribution in [0, 0.1) is 0 Å². The topological polar surface area (TPSA) is 29.4 Å². The van der Waals surface area contributed by atoms with Gasteiger partial charge in [-0.15, -0.1) is 0 Å². The molecule has 4 aromatic carbocycles. The molecule has 0 fully saturated rings. The number of hydrogen-bond donors (Lipinski definition) is 0. The van der Waals surface area contributed by atoms with E-state index in [2.05, 4.69) is 0 Å². The Kier molecular flexibility index (Phi) is 6.21. The molecule has 0 amide bonds. The van der Waals surface area contributed by atoms with Gasteiger partial charge in [-0.05, 0) is 35.4 Å². The van der Waals surface area contributed by atoms with Crippen molar-refractivity contribution in [3.05, 3.63) is 139 Å². The third kappa shape index (κ3) is 4.58. The van der Waals surface area contributed by atoms with Crippen molar-refractivity contribution in [3.8, 4) is 0 Å². The van der Waals surface area contributed by atoms with Crippen LogP contribution in [0.4, 0.5) is 0 Å². The van der Waals surface area contributed by atoms with E-state index < -0.39 is 9.73 Å². The number of benzene rings is 4. The van der Waals surface area contributed by atoms with Gasteiger partial charge in [0, 0.05) is 0 Å². The van der Waals surface area contributed by atoms with Crippen LogP contribution < -0.4 is 0 Å². The van der Waals surface area contributed by atoms with Crippen LogP contribution in [0.15, 0.2) is 142 Å². The van der Waals surface area contributed by atoms with Gasteiger partial charge < -0.3 is 0 Å². The number of hydrogen-bond acceptors (Lipinski definition) is 2. The van der Waals surface area contributed by atoms with Gasteiger partial charge in [0.25, 0.3) is 0 Å². The predicted octanol–water partition coefficient (Wildman–Crippen LogP) is 7.03. The number of nitrogens with zero attached hydrogens (tertiary/aromatic N) is 1. The molecule has 2 nitrogen and oxygen atoms in total. The van der Waals surface area contributed by atoms with Crippen LogP contribution in [0.25, 0.3) is 6.08 Å². The fourth-order valence-corrected chi connectivity index (χ4v) is 5.33. The summed E-state index contributed by atoms with van der Waals surface area (Å²) in [5.74, 6) is 0. The lowest BCUT2D eigenvalue weighted by Gasteiger charge is -2.16. The van der Waals surface area contributed by atoms with Gasteiger partial charge in [-0.2, -0.15) is 0 Å². The standard InChI is InChI=1S/C27H23NOS/c29-30(25-17-9-3-10-18-25,26-19-11-4-12-20-26)28-27(24-15-7-2-8-16-24)22-21-23-13-5-1-6-14-23/h1-22,27H/b22-21+/t27-/m1/s1. The van der Waals surface area contributed by atoms with E-state index in [9.17, 15) is 4.21 Å². The zero-order chi connectivity index (χ0) is 20.7. The van der Waals surface area contributed by atoms with E-state index in [1.807, 2.05) is 133 Å². The van der Waals surface area contributed by atoms with Crippen molar-refractivity contribution in [2.24, 2.45) is 4.36 Å². The highest BCUT2D eigenvalue weighted by Crippen LogP contribution is 2.30. The zero-order valence-electron chi connectivity index (χ0n) is 16.5. The van der Waals surface area contributed by atoms with Gasteiger partial charge in [0.2, 0.25) is 0 Å². The first-order valence-electron chi connectivity index (χ1n) is 9.90. The lowest BCUT2D eigenvalue weighted by Crippen LogP contribution is -2.05. The Morgan fingerprint density at radius 1 is 0.600 bits per heavy atom. The van der Waals surface area contributed by atoms with Crippen LogP contribution >= 0.6 is 0 Å². The molecule has 0 heterocycles. The second-order valence-corrected chi connectivity index (χ2v) is 9.09. The summed E-state index contributed by atoms with van der Waals surface area (Å²) in [6.45, 7) is 0. The van der Waals surface area contributed by atoms with Gasteiger partial charge in [-0.1, -0.05) is 109 Å². The van der Waals surface area contributed by atoms with Gasteiger partial charge in [0.05, 0.1) is 9.79 Å². The molecule has 1 atom stereocenters. The monoisotopic (exact) mass is 409 g/mol. The Hall–Kier alpha value is -3.43. The van der Waals surface area contributed by atoms with Crippen LogP contribution in [0.1, 0.15) is 17.2 Å². The lowest BCUT2D eigenvalue weighted by molar-refractivity contribution is 0.672. The minimum absolute atomic E-state index is 0.348. The molecule has 0 aromatic heterocycles. The van der Waals surface area contributed by atoms with Crippen molar-refractivity contribution in [2.75, 3.05) is 0 Å². The van der Waals surface area contributed by atoms with Gasteiger partial charge in [0.1, 0.15) is 15.8 Å². The van der Waals surface area contributed by atoms with E-state index >= 15 is 0 Å². The molecule has 0 saturated heterocycles. The van der Waals surface area contributed by atoms with Gasteiger partial charge in [-0.3, -0.25) is 0 Å². The maximum absolute atomic E-state index is 14.4. The third-order valence-electron chi connectivity index (χ3n) is 4.80. The fourth-order valence-electron chi connectivity index (χ4n) is 3.25. The molecule has 0 spiro atoms. The van der Waals surface area contributed by atoms with Crippen LogP contribution in [0.5, 0.6) is 0 Å². The van der Waals surface area contributed by atoms with Crippen molar-refractivity contribution in [3.63, 3.8) is 0 Å². The van der Waals surface area contributed by atoms with Crippen molar-refractivity contribution >= 4 is 15.8 Å². The van der Waals surface area contributed by atoms with E-state index in [1.54, 1.807) is 0 Å². The van der Waals surface area contributed by atoms with Crippen molar-refractivity contribution in [1.29, 1.82) is 0 Å². The molecule has 0 bridgehead atoms. The quantitative estimate of drug-likeness (QED) is 0.336. The second-order valence-electron chi connectivity index (χ2n) is 6.88. The summed E-state index contributed by atoms with van der Waals surface area (Å²) < 4.78 is 19.4. The maximum Gasteiger partial charge on any atom is 0.105 e. The normalized spacial score (nSPS) is 12.5. The molecule has 0 saturated carbocycles. The molecule has 0 aliphatic heterocycles. The largest absolute Gasteiger partial charge is 0.240 e. The van der Waals surface area contributed by atoms with Crippen LogP contribution in [-0.4, -0.2) is 4.21 Å². The molecule has 0 radical (unpaired) electrons. The number of rotatable bonds is 6. The molecule has 3 heteroatoms. The van der Waals surface area contributed by atoms with Crippen LogP contribution in [0.2, 0.25) is 0 Å². The first-order valence-corrected chi connectivity index (χ1v) is 11.4. The van der Waals surface area contributed by atoms with E-state index in [0.29, 0.717) is 9.79 Å². The molecule has 30 heavy (non-hydrogen) atoms. The Morgan fingerprint density at radius 2 is 1.03 bits per heavy atom. The molecule has 0 aliphatic rings. The highest BCUT2D eigenvalue weighted by molar-refractivity contribution is 7.93. The summed E-state index contributed by atoms with van der Waals surface area (Å²) in [6.07, 6.45) is 4.06. The summed E-state index contributed by atoms with van der Waals surface area (Å²) in [5, 5.41) is 0. The summed E-state index contributed by atoms with van der Waals surface area (Å²) in [7, 11) is -2.82. The van der Waals surface area contributed by atoms with E-state index in [1.165, 1.54) is 0 Å². The second kappa shape index (κ2) is 9.38. The van der Waals surface area contributed by atoms with Gasteiger partial charge >= 0.3 is 0 Å². The Labute approximate surface area is 178 Å². The molecule has 0 aliphatic carbocycles. The van der Waals surface area contributed by atoms with E-state index in [-0.39, 0.29) is 6.04 Å². The van der Waals surface area contributed by atoms with Crippen molar-refractivity contribution in [1.82, 2.24) is 0 Å². The average molecular weight is 410 g/mol. The van der Waals surface area contributed by atoms with Crippen molar-refractivity contribution in [2.45, 2.75) is 15.8 Å². The lowest BCUT2D eigenvalue weighted by atomic mass is 10.1. The molecule has 0 N–H and O–H groups in total. The summed E-state index contributed by atoms with van der Waals surface area (Å²) in [6, 6.07) is 38.8. The molecule has 148 valence electrons. The minimum Gasteiger partial charge on any atom is -0.240 e. The maximum atomic E-state index is 14.4. The van der Waals surface area contributed by atoms with Crippen LogP contribution in [-0.2, 0) is 9.73 Å². The molecular formula is C27H23NOS. The Morgan fingerprint density at radius 3 is 1.53 bits per heavy atom. The first kappa shape index (κ1) is 19.9. The van der Waals surface area contributed by atoms with Crippen LogP contribution in [0.3, 0.4) is 0 Å². The Bertz CT molecular complexity index is 1170. The Balaban J connectivity index is 1.89. The highest BCUT2D eigenvalue weighted by Gasteiger charge is 2.18. The van der Waals surface area contributed by atoms with E-state index in [0.717, 1.165) is 11.1 Å². The smallest absolute Gasteiger partial charge is 0.105 e. The van der Waals surface area contributed by atoms with E-state index in [4.69, 9.17) is 4.36 Å². The third-order valence-corrected chi connectivity index (χ3v) is 7.15. The molecule has 4 aromatic rings. The first-order chi connectivity index (χ1) is 14.8. The molecule has 4 rings (SSSR count). The molecular weight excluding hydrogens is 386 g/mol. The zero-order valence-corrected chi connectivity index (χ0v) is 17.4. The highest BCUT2D eigenvalue weighted by atomic mass is 32.2. The predicted molar refractivity (Wildman–Crippen MR) is 125 cm³/mol. The fraction of sp³-hybridized carbons (Fsp3) is 0.0370.